The topological polar surface area (TPSA) is 102 Å². The third-order valence-electron chi connectivity index (χ3n) is 9.10. The van der Waals surface area contributed by atoms with Gasteiger partial charge in [-0.25, -0.2) is 0 Å². The molecule has 2 rings (SSSR count). The van der Waals surface area contributed by atoms with Crippen LogP contribution < -0.4 is 0 Å². The van der Waals surface area contributed by atoms with Crippen LogP contribution in [0.25, 0.3) is 0 Å². The number of nitrogens with zero attached hydrogens (tertiary/aromatic N) is 2. The minimum Gasteiger partial charge on any atom is -0.462 e. The Hall–Kier alpha value is -1.22. The van der Waals surface area contributed by atoms with Crippen LogP contribution >= 0.6 is 0 Å². The summed E-state index contributed by atoms with van der Waals surface area (Å²) in [5, 5.41) is 22.4. The molecular formula is C32H61N2O6+. The normalized spacial score (nSPS) is 28.6. The van der Waals surface area contributed by atoms with E-state index in [0.29, 0.717) is 49.4 Å². The van der Waals surface area contributed by atoms with Crippen molar-refractivity contribution in [1.29, 1.82) is 0 Å². The summed E-state index contributed by atoms with van der Waals surface area (Å²) in [6.07, 6.45) is 9.26. The van der Waals surface area contributed by atoms with Crippen molar-refractivity contribution in [3.63, 3.8) is 0 Å². The van der Waals surface area contributed by atoms with Crippen LogP contribution in [0, 0.1) is 23.7 Å². The lowest BCUT2D eigenvalue weighted by atomic mass is 9.85. The van der Waals surface area contributed by atoms with Crippen LogP contribution in [0.2, 0.25) is 0 Å². The van der Waals surface area contributed by atoms with Crippen LogP contribution in [-0.4, -0.2) is 68.9 Å². The fourth-order valence-electron chi connectivity index (χ4n) is 6.47. The van der Waals surface area contributed by atoms with Crippen LogP contribution in [0.4, 0.5) is 0 Å². The Morgan fingerprint density at radius 1 is 0.625 bits per heavy atom. The highest BCUT2D eigenvalue weighted by Crippen LogP contribution is 2.33. The van der Waals surface area contributed by atoms with Crippen molar-refractivity contribution in [2.75, 3.05) is 0 Å². The predicted molar refractivity (Wildman–Crippen MR) is 159 cm³/mol. The number of piperidine rings is 2. The van der Waals surface area contributed by atoms with Crippen molar-refractivity contribution in [1.82, 2.24) is 10.1 Å². The summed E-state index contributed by atoms with van der Waals surface area (Å²) < 4.78 is 11.7. The summed E-state index contributed by atoms with van der Waals surface area (Å²) in [6.45, 7) is 17.0. The van der Waals surface area contributed by atoms with E-state index in [1.54, 1.807) is 5.06 Å². The second-order valence-electron chi connectivity index (χ2n) is 13.8. The number of esters is 2. The van der Waals surface area contributed by atoms with E-state index in [4.69, 9.17) is 14.7 Å². The van der Waals surface area contributed by atoms with Crippen molar-refractivity contribution in [2.24, 2.45) is 23.7 Å². The van der Waals surface area contributed by atoms with E-state index in [0.717, 1.165) is 51.4 Å². The molecule has 0 aromatic carbocycles. The van der Waals surface area contributed by atoms with Gasteiger partial charge in [-0.1, -0.05) is 86.1 Å². The molecule has 0 aromatic rings. The molecule has 0 saturated carbocycles. The predicted octanol–water partition coefficient (Wildman–Crippen LogP) is 6.25. The van der Waals surface area contributed by atoms with Gasteiger partial charge in [0.15, 0.2) is 0 Å². The second kappa shape index (κ2) is 17.0. The molecule has 40 heavy (non-hydrogen) atoms. The maximum atomic E-state index is 12.5. The first-order valence-corrected chi connectivity index (χ1v) is 16.2. The number of hydrogen-bond acceptors (Lipinski definition) is 7. The summed E-state index contributed by atoms with van der Waals surface area (Å²) in [4.78, 5) is 25.0. The summed E-state index contributed by atoms with van der Waals surface area (Å²) in [5.41, 5.74) is 0. The van der Waals surface area contributed by atoms with Crippen molar-refractivity contribution in [2.45, 2.75) is 169 Å². The van der Waals surface area contributed by atoms with Crippen LogP contribution in [0.5, 0.6) is 0 Å². The Kier molecular flexibility index (Phi) is 14.9. The maximum absolute atomic E-state index is 12.5. The van der Waals surface area contributed by atoms with E-state index < -0.39 is 0 Å². The second-order valence-corrected chi connectivity index (χ2v) is 13.8. The molecule has 0 aromatic heterocycles. The van der Waals surface area contributed by atoms with E-state index in [2.05, 4.69) is 55.4 Å². The monoisotopic (exact) mass is 569 g/mol. The average molecular weight is 570 g/mol. The number of hydrogen-bond donors (Lipinski definition) is 1. The summed E-state index contributed by atoms with van der Waals surface area (Å²) in [5.74, 6) is 1.08. The van der Waals surface area contributed by atoms with Gasteiger partial charge in [-0.2, -0.15) is 5.06 Å². The molecule has 2 heterocycles. The zero-order valence-corrected chi connectivity index (χ0v) is 26.7. The Labute approximate surface area is 244 Å². The number of carbonyl (C=O) groups excluding carboxylic acids is 2. The number of rotatable bonds is 15. The highest BCUT2D eigenvalue weighted by molar-refractivity contribution is 5.69. The van der Waals surface area contributed by atoms with E-state index in [1.807, 2.05) is 0 Å². The molecule has 8 heteroatoms. The Balaban J connectivity index is 1.59. The molecule has 3 N–H and O–H groups in total. The minimum absolute atomic E-state index is 0.0152. The molecule has 0 radical (unpaired) electrons. The van der Waals surface area contributed by atoms with Gasteiger partial charge in [-0.15, -0.1) is 0 Å². The molecule has 2 saturated heterocycles. The van der Waals surface area contributed by atoms with Crippen molar-refractivity contribution >= 4 is 11.9 Å². The van der Waals surface area contributed by atoms with E-state index >= 15 is 0 Å². The van der Waals surface area contributed by atoms with Gasteiger partial charge in [0.05, 0.1) is 12.1 Å². The van der Waals surface area contributed by atoms with Crippen LogP contribution in [0.3, 0.4) is 0 Å². The van der Waals surface area contributed by atoms with E-state index in [1.165, 1.54) is 5.06 Å². The number of carbonyl (C=O) groups is 2. The molecule has 2 aliphatic heterocycles. The first kappa shape index (κ1) is 35.0. The fraction of sp³-hybridized carbons (Fsp3) is 0.938. The van der Waals surface area contributed by atoms with Gasteiger partial charge >= 0.3 is 11.9 Å². The van der Waals surface area contributed by atoms with E-state index in [-0.39, 0.29) is 48.3 Å². The van der Waals surface area contributed by atoms with Gasteiger partial charge in [-0.05, 0) is 36.5 Å². The maximum Gasteiger partial charge on any atom is 0.306 e. The summed E-state index contributed by atoms with van der Waals surface area (Å²) in [7, 11) is 0. The standard InChI is InChI=1S/C32H60N2O6/c1-21(2)27-17-25(18-28(22(3)4)33(27)37)39-31(35)15-13-11-9-10-12-14-16-32(36)40-26-19-29(23(5)6)34(38)30(20-26)24(7)8/h21-30,37-38H,9-20H2,1-8H3/p+1. The van der Waals surface area contributed by atoms with Gasteiger partial charge < -0.3 is 19.9 Å². The number of hydroxylamine groups is 4. The fourth-order valence-corrected chi connectivity index (χ4v) is 6.47. The number of unbranched alkanes of at least 4 members (excludes halogenated alkanes) is 5. The van der Waals surface area contributed by atoms with Gasteiger partial charge in [0.25, 0.3) is 0 Å². The molecule has 4 unspecified atom stereocenters. The summed E-state index contributed by atoms with van der Waals surface area (Å²) in [6, 6.07) is 0.278. The summed E-state index contributed by atoms with van der Waals surface area (Å²) >= 11 is 0. The van der Waals surface area contributed by atoms with Crippen molar-refractivity contribution in [3.05, 3.63) is 0 Å². The molecule has 4 atom stereocenters. The van der Waals surface area contributed by atoms with Gasteiger partial charge in [0, 0.05) is 50.6 Å². The third-order valence-corrected chi connectivity index (χ3v) is 9.10. The molecule has 2 aliphatic rings. The Bertz CT molecular complexity index is 660. The number of ether oxygens (including phenoxy) is 2. The lowest BCUT2D eigenvalue weighted by molar-refractivity contribution is -0.218. The van der Waals surface area contributed by atoms with Gasteiger partial charge in [-0.3, -0.25) is 9.59 Å². The molecule has 2 fully saturated rings. The SMILES string of the molecule is CC(C)C1CC(OC(=O)CCCCCCCCC(=O)OC2CC(C(C)C)N([OH2+])C(C(C)C)C2)CC(C(C)C)N1O. The molecule has 8 nitrogen and oxygen atoms in total. The van der Waals surface area contributed by atoms with Crippen LogP contribution in [0.1, 0.15) is 132 Å². The minimum atomic E-state index is -0.125. The lowest BCUT2D eigenvalue weighted by Crippen LogP contribution is -2.53. The van der Waals surface area contributed by atoms with Gasteiger partial charge in [0.1, 0.15) is 12.2 Å². The molecule has 234 valence electrons. The molecule has 0 amide bonds. The van der Waals surface area contributed by atoms with Crippen molar-refractivity contribution in [3.8, 4) is 0 Å². The Morgan fingerprint density at radius 3 is 1.25 bits per heavy atom. The first-order chi connectivity index (χ1) is 18.8. The first-order valence-electron chi connectivity index (χ1n) is 16.2. The van der Waals surface area contributed by atoms with Gasteiger partial charge in [0.2, 0.25) is 0 Å². The molecule has 0 aliphatic carbocycles. The zero-order chi connectivity index (χ0) is 30.0. The van der Waals surface area contributed by atoms with E-state index in [9.17, 15) is 14.8 Å². The lowest BCUT2D eigenvalue weighted by Gasteiger charge is -2.44. The Morgan fingerprint density at radius 2 is 0.925 bits per heavy atom. The molecule has 0 bridgehead atoms. The van der Waals surface area contributed by atoms with Crippen molar-refractivity contribution < 1.29 is 29.5 Å². The molecule has 0 spiro atoms. The van der Waals surface area contributed by atoms with Crippen LogP contribution in [-0.2, 0) is 19.1 Å². The largest absolute Gasteiger partial charge is 0.462 e. The smallest absolute Gasteiger partial charge is 0.306 e. The highest BCUT2D eigenvalue weighted by atomic mass is 16.6. The zero-order valence-electron chi connectivity index (χ0n) is 26.7. The highest BCUT2D eigenvalue weighted by Gasteiger charge is 2.42. The third kappa shape index (κ3) is 10.9. The molecular weight excluding hydrogens is 508 g/mol. The van der Waals surface area contributed by atoms with Crippen LogP contribution in [0.15, 0.2) is 0 Å². The average Bonchev–Trinajstić information content (AvgIpc) is 2.86. The quantitative estimate of drug-likeness (QED) is 0.141.